The SMILES string of the molecule is C=CCOCC(O)COC(c1ccccc1)(c1ccc(OC)cc1)c1ccc(OC)cc1. The molecule has 0 aliphatic carbocycles. The van der Waals surface area contributed by atoms with Gasteiger partial charge >= 0.3 is 0 Å². The normalized spacial score (nSPS) is 12.2. The number of ether oxygens (including phenoxy) is 4. The van der Waals surface area contributed by atoms with Gasteiger partial charge in [-0.25, -0.2) is 0 Å². The van der Waals surface area contributed by atoms with Crippen LogP contribution in [0.2, 0.25) is 0 Å². The molecule has 0 fully saturated rings. The second-order valence-corrected chi connectivity index (χ2v) is 7.30. The van der Waals surface area contributed by atoms with Crippen molar-refractivity contribution in [1.82, 2.24) is 0 Å². The van der Waals surface area contributed by atoms with E-state index in [4.69, 9.17) is 18.9 Å². The van der Waals surface area contributed by atoms with Gasteiger partial charge in [0.25, 0.3) is 0 Å². The molecule has 0 aliphatic heterocycles. The minimum Gasteiger partial charge on any atom is -0.497 e. The Hall–Kier alpha value is -3.12. The Morgan fingerprint density at radius 2 is 1.28 bits per heavy atom. The molecule has 1 unspecified atom stereocenters. The lowest BCUT2D eigenvalue weighted by Crippen LogP contribution is -2.36. The van der Waals surface area contributed by atoms with Crippen LogP contribution in [0, 0.1) is 0 Å². The van der Waals surface area contributed by atoms with E-state index in [1.165, 1.54) is 0 Å². The third kappa shape index (κ3) is 5.37. The molecular weight excluding hydrogens is 404 g/mol. The summed E-state index contributed by atoms with van der Waals surface area (Å²) in [4.78, 5) is 0. The van der Waals surface area contributed by atoms with Crippen LogP contribution in [0.5, 0.6) is 11.5 Å². The smallest absolute Gasteiger partial charge is 0.143 e. The zero-order chi connectivity index (χ0) is 22.8. The molecule has 0 bridgehead atoms. The average Bonchev–Trinajstić information content (AvgIpc) is 2.86. The molecular formula is C27H30O5. The molecule has 0 spiro atoms. The quantitative estimate of drug-likeness (QED) is 0.257. The average molecular weight is 435 g/mol. The van der Waals surface area contributed by atoms with Crippen molar-refractivity contribution in [2.75, 3.05) is 34.0 Å². The van der Waals surface area contributed by atoms with Gasteiger partial charge in [0.1, 0.15) is 23.2 Å². The predicted octanol–water partition coefficient (Wildman–Crippen LogP) is 4.58. The molecule has 0 saturated carbocycles. The second kappa shape index (κ2) is 11.5. The summed E-state index contributed by atoms with van der Waals surface area (Å²) >= 11 is 0. The Balaban J connectivity index is 2.09. The molecule has 168 valence electrons. The molecule has 0 radical (unpaired) electrons. The van der Waals surface area contributed by atoms with Gasteiger partial charge in [0, 0.05) is 0 Å². The van der Waals surface area contributed by atoms with Crippen LogP contribution < -0.4 is 9.47 Å². The Labute approximate surface area is 189 Å². The number of hydrogen-bond donors (Lipinski definition) is 1. The highest BCUT2D eigenvalue weighted by Gasteiger charge is 2.38. The van der Waals surface area contributed by atoms with E-state index in [0.29, 0.717) is 6.61 Å². The van der Waals surface area contributed by atoms with E-state index in [0.717, 1.165) is 28.2 Å². The summed E-state index contributed by atoms with van der Waals surface area (Å²) in [7, 11) is 3.28. The van der Waals surface area contributed by atoms with Crippen molar-refractivity contribution in [2.24, 2.45) is 0 Å². The molecule has 3 aromatic carbocycles. The highest BCUT2D eigenvalue weighted by molar-refractivity contribution is 5.49. The van der Waals surface area contributed by atoms with E-state index in [1.54, 1.807) is 20.3 Å². The fraction of sp³-hybridized carbons (Fsp3) is 0.259. The van der Waals surface area contributed by atoms with Crippen molar-refractivity contribution in [2.45, 2.75) is 11.7 Å². The molecule has 1 atom stereocenters. The lowest BCUT2D eigenvalue weighted by molar-refractivity contribution is -0.0612. The second-order valence-electron chi connectivity index (χ2n) is 7.30. The van der Waals surface area contributed by atoms with Crippen LogP contribution in [-0.2, 0) is 15.1 Å². The molecule has 3 rings (SSSR count). The maximum atomic E-state index is 10.5. The number of rotatable bonds is 12. The fourth-order valence-corrected chi connectivity index (χ4v) is 3.63. The summed E-state index contributed by atoms with van der Waals surface area (Å²) in [6.45, 7) is 4.23. The molecule has 5 nitrogen and oxygen atoms in total. The number of hydrogen-bond acceptors (Lipinski definition) is 5. The van der Waals surface area contributed by atoms with E-state index < -0.39 is 11.7 Å². The van der Waals surface area contributed by atoms with Gasteiger partial charge in [0.2, 0.25) is 0 Å². The number of benzene rings is 3. The van der Waals surface area contributed by atoms with Crippen molar-refractivity contribution in [3.05, 3.63) is 108 Å². The van der Waals surface area contributed by atoms with Gasteiger partial charge in [-0.1, -0.05) is 60.7 Å². The van der Waals surface area contributed by atoms with Crippen molar-refractivity contribution < 1.29 is 24.1 Å². The van der Waals surface area contributed by atoms with E-state index in [2.05, 4.69) is 6.58 Å². The van der Waals surface area contributed by atoms with Gasteiger partial charge in [-0.15, -0.1) is 6.58 Å². The predicted molar refractivity (Wildman–Crippen MR) is 125 cm³/mol. The molecule has 0 aromatic heterocycles. The maximum absolute atomic E-state index is 10.5. The Morgan fingerprint density at radius 3 is 1.75 bits per heavy atom. The van der Waals surface area contributed by atoms with Crippen LogP contribution in [0.15, 0.2) is 91.5 Å². The van der Waals surface area contributed by atoms with E-state index >= 15 is 0 Å². The van der Waals surface area contributed by atoms with Crippen LogP contribution in [-0.4, -0.2) is 45.3 Å². The maximum Gasteiger partial charge on any atom is 0.143 e. The number of aliphatic hydroxyl groups excluding tert-OH is 1. The molecule has 5 heteroatoms. The lowest BCUT2D eigenvalue weighted by atomic mass is 9.80. The molecule has 0 amide bonds. The summed E-state index contributed by atoms with van der Waals surface area (Å²) in [5.74, 6) is 1.51. The van der Waals surface area contributed by atoms with Crippen LogP contribution in [0.1, 0.15) is 16.7 Å². The molecule has 32 heavy (non-hydrogen) atoms. The summed E-state index contributed by atoms with van der Waals surface area (Å²) in [6, 6.07) is 25.5. The van der Waals surface area contributed by atoms with Crippen molar-refractivity contribution in [3.8, 4) is 11.5 Å². The van der Waals surface area contributed by atoms with Gasteiger partial charge in [-0.3, -0.25) is 0 Å². The van der Waals surface area contributed by atoms with Gasteiger partial charge in [-0.05, 0) is 41.0 Å². The largest absolute Gasteiger partial charge is 0.497 e. The third-order valence-corrected chi connectivity index (χ3v) is 5.21. The molecule has 0 heterocycles. The highest BCUT2D eigenvalue weighted by atomic mass is 16.5. The van der Waals surface area contributed by atoms with Crippen molar-refractivity contribution in [3.63, 3.8) is 0 Å². The van der Waals surface area contributed by atoms with Crippen LogP contribution in [0.25, 0.3) is 0 Å². The van der Waals surface area contributed by atoms with Crippen molar-refractivity contribution >= 4 is 0 Å². The lowest BCUT2D eigenvalue weighted by Gasteiger charge is -2.36. The summed E-state index contributed by atoms with van der Waals surface area (Å²) in [5, 5.41) is 10.5. The topological polar surface area (TPSA) is 57.2 Å². The van der Waals surface area contributed by atoms with Gasteiger partial charge in [0.15, 0.2) is 0 Å². The third-order valence-electron chi connectivity index (χ3n) is 5.21. The van der Waals surface area contributed by atoms with Crippen molar-refractivity contribution in [1.29, 1.82) is 0 Å². The monoisotopic (exact) mass is 434 g/mol. The Morgan fingerprint density at radius 1 is 0.781 bits per heavy atom. The van der Waals surface area contributed by atoms with E-state index in [-0.39, 0.29) is 13.2 Å². The van der Waals surface area contributed by atoms with Crippen LogP contribution in [0.3, 0.4) is 0 Å². The van der Waals surface area contributed by atoms with Gasteiger partial charge < -0.3 is 24.1 Å². The first kappa shape index (κ1) is 23.5. The Bertz CT molecular complexity index is 904. The van der Waals surface area contributed by atoms with Gasteiger partial charge in [-0.2, -0.15) is 0 Å². The van der Waals surface area contributed by atoms with Crippen LogP contribution in [0.4, 0.5) is 0 Å². The number of methoxy groups -OCH3 is 2. The molecule has 0 aliphatic rings. The van der Waals surface area contributed by atoms with Gasteiger partial charge in [0.05, 0.1) is 34.0 Å². The minimum atomic E-state index is -0.959. The van der Waals surface area contributed by atoms with E-state index in [1.807, 2.05) is 78.9 Å². The highest BCUT2D eigenvalue weighted by Crippen LogP contribution is 2.41. The first-order valence-electron chi connectivity index (χ1n) is 10.5. The minimum absolute atomic E-state index is 0.0735. The molecule has 3 aromatic rings. The zero-order valence-corrected chi connectivity index (χ0v) is 18.6. The summed E-state index contributed by atoms with van der Waals surface area (Å²) in [6.07, 6.45) is 0.853. The molecule has 1 N–H and O–H groups in total. The van der Waals surface area contributed by atoms with E-state index in [9.17, 15) is 5.11 Å². The first-order chi connectivity index (χ1) is 15.6. The summed E-state index contributed by atoms with van der Waals surface area (Å²) in [5.41, 5.74) is 1.80. The number of aliphatic hydroxyl groups is 1. The molecule has 0 saturated heterocycles. The Kier molecular flexibility index (Phi) is 8.45. The fourth-order valence-electron chi connectivity index (χ4n) is 3.63. The standard InChI is InChI=1S/C27H30O5/c1-4-18-31-19-24(28)20-32-27(21-8-6-5-7-9-21,22-10-14-25(29-2)15-11-22)23-12-16-26(30-3)17-13-23/h4-17,24,28H,1,18-20H2,2-3H3. The summed E-state index contributed by atoms with van der Waals surface area (Å²) < 4.78 is 22.7. The van der Waals surface area contributed by atoms with Crippen LogP contribution >= 0.6 is 0 Å². The first-order valence-corrected chi connectivity index (χ1v) is 10.5. The zero-order valence-electron chi connectivity index (χ0n) is 18.6.